The number of methoxy groups -OCH3 is 1. The Kier molecular flexibility index (Phi) is 6.82. The molecule has 1 heterocycles. The van der Waals surface area contributed by atoms with E-state index in [1.165, 1.54) is 18.5 Å². The number of carbonyl (C=O) groups is 2. The van der Waals surface area contributed by atoms with Gasteiger partial charge in [-0.3, -0.25) is 10.1 Å². The number of halogens is 1. The molecule has 2 N–H and O–H groups in total. The van der Waals surface area contributed by atoms with E-state index in [4.69, 9.17) is 21.1 Å². The molecule has 30 heavy (non-hydrogen) atoms. The van der Waals surface area contributed by atoms with Crippen LogP contribution in [0.2, 0.25) is 5.02 Å². The van der Waals surface area contributed by atoms with Crippen molar-refractivity contribution in [1.29, 1.82) is 0 Å². The number of anilines is 2. The molecule has 2 amide bonds. The number of benzene rings is 2. The molecular weight excluding hydrogens is 408 g/mol. The van der Waals surface area contributed by atoms with Gasteiger partial charge in [-0.05, 0) is 49.4 Å². The van der Waals surface area contributed by atoms with Gasteiger partial charge in [-0.15, -0.1) is 0 Å². The van der Waals surface area contributed by atoms with Crippen LogP contribution in [-0.4, -0.2) is 35.7 Å². The van der Waals surface area contributed by atoms with E-state index in [0.717, 1.165) is 11.3 Å². The molecule has 0 atom stereocenters. The molecule has 0 aliphatic carbocycles. The molecule has 0 saturated carbocycles. The lowest BCUT2D eigenvalue weighted by atomic mass is 10.1. The number of rotatable bonds is 6. The first-order valence-corrected chi connectivity index (χ1v) is 9.39. The lowest BCUT2D eigenvalue weighted by Crippen LogP contribution is -2.15. The third kappa shape index (κ3) is 5.24. The van der Waals surface area contributed by atoms with Gasteiger partial charge in [-0.25, -0.2) is 14.8 Å². The highest BCUT2D eigenvalue weighted by molar-refractivity contribution is 6.34. The van der Waals surface area contributed by atoms with Crippen molar-refractivity contribution in [2.24, 2.45) is 0 Å². The SMILES string of the molecule is CCOC(=O)Nc1ccc(C(=O)Nc2cc(-c3ccc(OC)cc3)ncn2)c(Cl)c1. The van der Waals surface area contributed by atoms with Gasteiger partial charge in [0.1, 0.15) is 17.9 Å². The topological polar surface area (TPSA) is 102 Å². The molecule has 0 saturated heterocycles. The summed E-state index contributed by atoms with van der Waals surface area (Å²) in [6.45, 7) is 1.95. The average Bonchev–Trinajstić information content (AvgIpc) is 2.74. The van der Waals surface area contributed by atoms with Gasteiger partial charge in [0.2, 0.25) is 0 Å². The summed E-state index contributed by atoms with van der Waals surface area (Å²) < 4.78 is 9.96. The summed E-state index contributed by atoms with van der Waals surface area (Å²) in [6.07, 6.45) is 0.765. The molecule has 2 aromatic carbocycles. The minimum absolute atomic E-state index is 0.172. The highest BCUT2D eigenvalue weighted by Crippen LogP contribution is 2.24. The van der Waals surface area contributed by atoms with Crippen LogP contribution in [0.25, 0.3) is 11.3 Å². The predicted octanol–water partition coefficient (Wildman–Crippen LogP) is 4.63. The van der Waals surface area contributed by atoms with Crippen molar-refractivity contribution in [2.45, 2.75) is 6.92 Å². The fourth-order valence-corrected chi connectivity index (χ4v) is 2.86. The van der Waals surface area contributed by atoms with E-state index >= 15 is 0 Å². The number of amides is 2. The monoisotopic (exact) mass is 426 g/mol. The summed E-state index contributed by atoms with van der Waals surface area (Å²) in [5.74, 6) is 0.615. The van der Waals surface area contributed by atoms with E-state index in [0.29, 0.717) is 17.2 Å². The van der Waals surface area contributed by atoms with E-state index in [1.807, 2.05) is 24.3 Å². The van der Waals surface area contributed by atoms with Gasteiger partial charge in [0, 0.05) is 17.3 Å². The summed E-state index contributed by atoms with van der Waals surface area (Å²) in [5, 5.41) is 5.40. The zero-order valence-corrected chi connectivity index (χ0v) is 17.1. The number of aromatic nitrogens is 2. The zero-order chi connectivity index (χ0) is 21.5. The van der Waals surface area contributed by atoms with Gasteiger partial charge in [0.15, 0.2) is 0 Å². The van der Waals surface area contributed by atoms with Crippen LogP contribution in [0.1, 0.15) is 17.3 Å². The zero-order valence-electron chi connectivity index (χ0n) is 16.3. The average molecular weight is 427 g/mol. The maximum Gasteiger partial charge on any atom is 0.411 e. The third-order valence-electron chi connectivity index (χ3n) is 4.03. The maximum absolute atomic E-state index is 12.6. The van der Waals surface area contributed by atoms with Crippen LogP contribution < -0.4 is 15.4 Å². The summed E-state index contributed by atoms with van der Waals surface area (Å²) >= 11 is 6.21. The van der Waals surface area contributed by atoms with Crippen molar-refractivity contribution < 1.29 is 19.1 Å². The lowest BCUT2D eigenvalue weighted by Gasteiger charge is -2.10. The second-order valence-corrected chi connectivity index (χ2v) is 6.42. The van der Waals surface area contributed by atoms with Crippen molar-refractivity contribution in [1.82, 2.24) is 9.97 Å². The van der Waals surface area contributed by atoms with E-state index in [1.54, 1.807) is 26.2 Å². The molecule has 0 spiro atoms. The number of hydrogen-bond donors (Lipinski definition) is 2. The first-order valence-electron chi connectivity index (χ1n) is 9.01. The quantitative estimate of drug-likeness (QED) is 0.595. The largest absolute Gasteiger partial charge is 0.497 e. The molecule has 0 aliphatic heterocycles. The Morgan fingerprint density at radius 1 is 1.03 bits per heavy atom. The lowest BCUT2D eigenvalue weighted by molar-refractivity contribution is 0.102. The van der Waals surface area contributed by atoms with E-state index < -0.39 is 12.0 Å². The predicted molar refractivity (Wildman–Crippen MR) is 114 cm³/mol. The second kappa shape index (κ2) is 9.71. The van der Waals surface area contributed by atoms with Crippen molar-refractivity contribution in [3.63, 3.8) is 0 Å². The molecule has 0 radical (unpaired) electrons. The minimum Gasteiger partial charge on any atom is -0.497 e. The molecule has 0 aliphatic rings. The summed E-state index contributed by atoms with van der Waals surface area (Å²) in [4.78, 5) is 32.4. The first-order chi connectivity index (χ1) is 14.5. The minimum atomic E-state index is -0.599. The Morgan fingerprint density at radius 2 is 1.80 bits per heavy atom. The van der Waals surface area contributed by atoms with Gasteiger partial charge in [0.25, 0.3) is 5.91 Å². The molecule has 3 rings (SSSR count). The molecular formula is C21H19ClN4O4. The first kappa shape index (κ1) is 21.1. The second-order valence-electron chi connectivity index (χ2n) is 6.01. The van der Waals surface area contributed by atoms with Crippen molar-refractivity contribution in [3.8, 4) is 17.0 Å². The molecule has 3 aromatic rings. The van der Waals surface area contributed by atoms with Crippen molar-refractivity contribution >= 4 is 35.1 Å². The van der Waals surface area contributed by atoms with Gasteiger partial charge < -0.3 is 14.8 Å². The van der Waals surface area contributed by atoms with Crippen LogP contribution in [0, 0.1) is 0 Å². The normalized spacial score (nSPS) is 10.2. The Bertz CT molecular complexity index is 1060. The Labute approximate surface area is 178 Å². The van der Waals surface area contributed by atoms with Gasteiger partial charge in [-0.2, -0.15) is 0 Å². The number of hydrogen-bond acceptors (Lipinski definition) is 6. The van der Waals surface area contributed by atoms with Gasteiger partial charge in [0.05, 0.1) is 30.0 Å². The smallest absolute Gasteiger partial charge is 0.411 e. The number of nitrogens with zero attached hydrogens (tertiary/aromatic N) is 2. The van der Waals surface area contributed by atoms with Gasteiger partial charge in [-0.1, -0.05) is 11.6 Å². The molecule has 0 fully saturated rings. The van der Waals surface area contributed by atoms with E-state index in [2.05, 4.69) is 20.6 Å². The van der Waals surface area contributed by atoms with Crippen LogP contribution in [0.4, 0.5) is 16.3 Å². The van der Waals surface area contributed by atoms with Crippen LogP contribution in [0.3, 0.4) is 0 Å². The highest BCUT2D eigenvalue weighted by Gasteiger charge is 2.14. The fraction of sp³-hybridized carbons (Fsp3) is 0.143. The Balaban J connectivity index is 1.73. The standard InChI is InChI=1S/C21H19ClN4O4/c1-3-30-21(28)25-14-6-9-16(17(22)10-14)20(27)26-19-11-18(23-12-24-19)13-4-7-15(29-2)8-5-13/h4-12H,3H2,1-2H3,(H,25,28)(H,23,24,26,27). The van der Waals surface area contributed by atoms with Crippen molar-refractivity contribution in [3.05, 3.63) is 65.4 Å². The Hall–Kier alpha value is -3.65. The molecule has 1 aromatic heterocycles. The molecule has 154 valence electrons. The fourth-order valence-electron chi connectivity index (χ4n) is 2.59. The number of ether oxygens (including phenoxy) is 2. The number of carbonyl (C=O) groups excluding carboxylic acids is 2. The van der Waals surface area contributed by atoms with Crippen LogP contribution >= 0.6 is 11.6 Å². The maximum atomic E-state index is 12.6. The van der Waals surface area contributed by atoms with Crippen LogP contribution in [-0.2, 0) is 4.74 Å². The molecule has 0 bridgehead atoms. The van der Waals surface area contributed by atoms with E-state index in [-0.39, 0.29) is 17.2 Å². The summed E-state index contributed by atoms with van der Waals surface area (Å²) in [5.41, 5.74) is 2.14. The molecule has 0 unspecified atom stereocenters. The van der Waals surface area contributed by atoms with E-state index in [9.17, 15) is 9.59 Å². The number of nitrogens with one attached hydrogen (secondary N) is 2. The summed E-state index contributed by atoms with van der Waals surface area (Å²) in [7, 11) is 1.60. The van der Waals surface area contributed by atoms with Crippen LogP contribution in [0.5, 0.6) is 5.75 Å². The van der Waals surface area contributed by atoms with Crippen molar-refractivity contribution in [2.75, 3.05) is 24.4 Å². The van der Waals surface area contributed by atoms with Crippen LogP contribution in [0.15, 0.2) is 54.9 Å². The summed E-state index contributed by atoms with van der Waals surface area (Å²) in [6, 6.07) is 13.5. The Morgan fingerprint density at radius 3 is 2.47 bits per heavy atom. The molecule has 9 heteroatoms. The van der Waals surface area contributed by atoms with Gasteiger partial charge >= 0.3 is 6.09 Å². The highest BCUT2D eigenvalue weighted by atomic mass is 35.5. The molecule has 8 nitrogen and oxygen atoms in total. The third-order valence-corrected chi connectivity index (χ3v) is 4.34.